The van der Waals surface area contributed by atoms with Crippen molar-refractivity contribution in [2.75, 3.05) is 13.7 Å². The van der Waals surface area contributed by atoms with Gasteiger partial charge >= 0.3 is 5.69 Å². The molecule has 1 amide bonds. The number of methoxy groups -OCH3 is 1. The molecule has 2 rings (SSSR count). The van der Waals surface area contributed by atoms with Crippen molar-refractivity contribution in [3.8, 4) is 11.5 Å². The van der Waals surface area contributed by atoms with Gasteiger partial charge in [-0.15, -0.1) is 0 Å². The fraction of sp³-hybridized carbons (Fsp3) is 0.235. The molecule has 1 N–H and O–H groups in total. The number of amides is 1. The van der Waals surface area contributed by atoms with Crippen LogP contribution in [-0.2, 0) is 4.79 Å². The molecule has 0 saturated carbocycles. The number of nitro benzene ring substituents is 1. The molecule has 8 heteroatoms. The zero-order chi connectivity index (χ0) is 18.4. The molecule has 132 valence electrons. The molecule has 0 saturated heterocycles. The lowest BCUT2D eigenvalue weighted by Crippen LogP contribution is -2.31. The number of halogens is 1. The largest absolute Gasteiger partial charge is 0.496 e. The van der Waals surface area contributed by atoms with Gasteiger partial charge in [0, 0.05) is 5.02 Å². The second-order valence-electron chi connectivity index (χ2n) is 5.22. The summed E-state index contributed by atoms with van der Waals surface area (Å²) in [4.78, 5) is 22.5. The lowest BCUT2D eigenvalue weighted by atomic mass is 10.1. The highest BCUT2D eigenvalue weighted by molar-refractivity contribution is 6.30. The summed E-state index contributed by atoms with van der Waals surface area (Å²) in [5.74, 6) is -0.0625. The molecule has 0 fully saturated rings. The predicted molar refractivity (Wildman–Crippen MR) is 93.2 cm³/mol. The van der Waals surface area contributed by atoms with Gasteiger partial charge in [-0.2, -0.15) is 0 Å². The summed E-state index contributed by atoms with van der Waals surface area (Å²) >= 11 is 5.83. The number of nitrogens with zero attached hydrogens (tertiary/aromatic N) is 1. The van der Waals surface area contributed by atoms with Crippen molar-refractivity contribution in [1.29, 1.82) is 0 Å². The number of hydrogen-bond acceptors (Lipinski definition) is 5. The van der Waals surface area contributed by atoms with E-state index in [1.54, 1.807) is 12.1 Å². The Kier molecular flexibility index (Phi) is 6.19. The van der Waals surface area contributed by atoms with E-state index in [0.717, 1.165) is 5.56 Å². The summed E-state index contributed by atoms with van der Waals surface area (Å²) in [5, 5.41) is 14.4. The SMILES string of the molecule is COc1ccc(OCC(=O)N[C@@H](C)c2ccc(Cl)cc2)c([N+](=O)[O-])c1. The highest BCUT2D eigenvalue weighted by Crippen LogP contribution is 2.30. The molecule has 25 heavy (non-hydrogen) atoms. The van der Waals surface area contributed by atoms with E-state index in [9.17, 15) is 14.9 Å². The van der Waals surface area contributed by atoms with Crippen molar-refractivity contribution in [1.82, 2.24) is 5.32 Å². The van der Waals surface area contributed by atoms with E-state index in [4.69, 9.17) is 21.1 Å². The van der Waals surface area contributed by atoms with Gasteiger partial charge in [-0.25, -0.2) is 0 Å². The Balaban J connectivity index is 1.97. The third-order valence-corrected chi connectivity index (χ3v) is 3.72. The average molecular weight is 365 g/mol. The van der Waals surface area contributed by atoms with Crippen molar-refractivity contribution >= 4 is 23.2 Å². The van der Waals surface area contributed by atoms with Gasteiger partial charge in [0.15, 0.2) is 12.4 Å². The maximum Gasteiger partial charge on any atom is 0.314 e. The Morgan fingerprint density at radius 2 is 1.96 bits per heavy atom. The van der Waals surface area contributed by atoms with Crippen molar-refractivity contribution in [3.05, 3.63) is 63.2 Å². The minimum Gasteiger partial charge on any atom is -0.496 e. The zero-order valence-electron chi connectivity index (χ0n) is 13.7. The van der Waals surface area contributed by atoms with E-state index in [0.29, 0.717) is 10.8 Å². The number of ether oxygens (including phenoxy) is 2. The molecule has 0 heterocycles. The zero-order valence-corrected chi connectivity index (χ0v) is 14.4. The number of nitrogens with one attached hydrogen (secondary N) is 1. The fourth-order valence-electron chi connectivity index (χ4n) is 2.15. The van der Waals surface area contributed by atoms with E-state index in [2.05, 4.69) is 5.32 Å². The van der Waals surface area contributed by atoms with E-state index in [1.165, 1.54) is 25.3 Å². The number of benzene rings is 2. The quantitative estimate of drug-likeness (QED) is 0.599. The number of carbonyl (C=O) groups is 1. The van der Waals surface area contributed by atoms with Crippen LogP contribution in [0.1, 0.15) is 18.5 Å². The van der Waals surface area contributed by atoms with Gasteiger partial charge in [0.2, 0.25) is 0 Å². The van der Waals surface area contributed by atoms with Crippen LogP contribution in [0.15, 0.2) is 42.5 Å². The molecule has 2 aromatic rings. The highest BCUT2D eigenvalue weighted by Gasteiger charge is 2.18. The monoisotopic (exact) mass is 364 g/mol. The molecule has 0 aliphatic carbocycles. The first-order valence-electron chi connectivity index (χ1n) is 7.40. The van der Waals surface area contributed by atoms with Crippen LogP contribution in [0.4, 0.5) is 5.69 Å². The van der Waals surface area contributed by atoms with Crippen molar-refractivity contribution < 1.29 is 19.2 Å². The molecule has 0 aliphatic heterocycles. The highest BCUT2D eigenvalue weighted by atomic mass is 35.5. The molecule has 0 aromatic heterocycles. The van der Waals surface area contributed by atoms with Crippen LogP contribution in [-0.4, -0.2) is 24.5 Å². The smallest absolute Gasteiger partial charge is 0.314 e. The minimum absolute atomic E-state index is 0.0000889. The van der Waals surface area contributed by atoms with E-state index < -0.39 is 10.8 Å². The first-order chi connectivity index (χ1) is 11.9. The van der Waals surface area contributed by atoms with Crippen molar-refractivity contribution in [2.24, 2.45) is 0 Å². The van der Waals surface area contributed by atoms with Crippen LogP contribution in [0.25, 0.3) is 0 Å². The molecule has 0 bridgehead atoms. The van der Waals surface area contributed by atoms with Crippen LogP contribution in [0, 0.1) is 10.1 Å². The summed E-state index contributed by atoms with van der Waals surface area (Å²) in [6.45, 7) is 1.47. The van der Waals surface area contributed by atoms with Crippen molar-refractivity contribution in [3.63, 3.8) is 0 Å². The van der Waals surface area contributed by atoms with Crippen LogP contribution in [0.5, 0.6) is 11.5 Å². The van der Waals surface area contributed by atoms with E-state index in [1.807, 2.05) is 19.1 Å². The lowest BCUT2D eigenvalue weighted by molar-refractivity contribution is -0.385. The van der Waals surface area contributed by atoms with Crippen LogP contribution in [0.3, 0.4) is 0 Å². The molecule has 0 unspecified atom stereocenters. The maximum absolute atomic E-state index is 12.0. The predicted octanol–water partition coefficient (Wildman–Crippen LogP) is 3.51. The van der Waals surface area contributed by atoms with Gasteiger partial charge in [-0.05, 0) is 36.8 Å². The lowest BCUT2D eigenvalue weighted by Gasteiger charge is -2.15. The van der Waals surface area contributed by atoms with Crippen LogP contribution in [0.2, 0.25) is 5.02 Å². The third-order valence-electron chi connectivity index (χ3n) is 3.47. The minimum atomic E-state index is -0.591. The number of rotatable bonds is 7. The van der Waals surface area contributed by atoms with Gasteiger partial charge < -0.3 is 14.8 Å². The summed E-state index contributed by atoms with van der Waals surface area (Å²) in [5.41, 5.74) is 0.617. The molecular formula is C17H17ClN2O5. The molecule has 1 atom stereocenters. The Labute approximate surface area is 149 Å². The third kappa shape index (κ3) is 5.09. The molecule has 2 aromatic carbocycles. The number of hydrogen-bond donors (Lipinski definition) is 1. The molecule has 7 nitrogen and oxygen atoms in total. The summed E-state index contributed by atoms with van der Waals surface area (Å²) < 4.78 is 10.2. The summed E-state index contributed by atoms with van der Waals surface area (Å²) in [6.07, 6.45) is 0. The van der Waals surface area contributed by atoms with Gasteiger partial charge in [-0.3, -0.25) is 14.9 Å². The average Bonchev–Trinajstić information content (AvgIpc) is 2.60. The van der Waals surface area contributed by atoms with Crippen LogP contribution < -0.4 is 14.8 Å². The standard InChI is InChI=1S/C17H17ClN2O5/c1-11(12-3-5-13(18)6-4-12)19-17(21)10-25-16-8-7-14(24-2)9-15(16)20(22)23/h3-9,11H,10H2,1-2H3,(H,19,21)/t11-/m0/s1. The first kappa shape index (κ1) is 18.5. The van der Waals surface area contributed by atoms with Gasteiger partial charge in [0.25, 0.3) is 5.91 Å². The molecule has 0 radical (unpaired) electrons. The van der Waals surface area contributed by atoms with Gasteiger partial charge in [0.05, 0.1) is 24.1 Å². The second kappa shape index (κ2) is 8.34. The van der Waals surface area contributed by atoms with Gasteiger partial charge in [0.1, 0.15) is 5.75 Å². The maximum atomic E-state index is 12.0. The summed E-state index contributed by atoms with van der Waals surface area (Å²) in [6, 6.07) is 11.0. The fourth-order valence-corrected chi connectivity index (χ4v) is 2.28. The van der Waals surface area contributed by atoms with E-state index in [-0.39, 0.29) is 24.1 Å². The van der Waals surface area contributed by atoms with Crippen LogP contribution >= 0.6 is 11.6 Å². The number of carbonyl (C=O) groups excluding carboxylic acids is 1. The van der Waals surface area contributed by atoms with Crippen molar-refractivity contribution in [2.45, 2.75) is 13.0 Å². The van der Waals surface area contributed by atoms with E-state index >= 15 is 0 Å². The first-order valence-corrected chi connectivity index (χ1v) is 7.78. The Morgan fingerprint density at radius 1 is 1.28 bits per heavy atom. The topological polar surface area (TPSA) is 90.7 Å². The summed E-state index contributed by atoms with van der Waals surface area (Å²) in [7, 11) is 1.41. The molecule has 0 aliphatic rings. The Hall–Kier alpha value is -2.80. The molecular weight excluding hydrogens is 348 g/mol. The normalized spacial score (nSPS) is 11.5. The second-order valence-corrected chi connectivity index (χ2v) is 5.66. The Bertz CT molecular complexity index is 764. The Morgan fingerprint density at radius 3 is 2.56 bits per heavy atom. The molecule has 0 spiro atoms. The van der Waals surface area contributed by atoms with Gasteiger partial charge in [-0.1, -0.05) is 23.7 Å². The number of nitro groups is 1.